The molecule has 0 radical (unpaired) electrons. The molecular weight excluding hydrogens is 445 g/mol. The van der Waals surface area contributed by atoms with Gasteiger partial charge < -0.3 is 14.8 Å². The number of amides is 2. The summed E-state index contributed by atoms with van der Waals surface area (Å²) in [5.74, 6) is -1.14. The van der Waals surface area contributed by atoms with Crippen LogP contribution in [0.3, 0.4) is 0 Å². The molecule has 3 rings (SSSR count). The van der Waals surface area contributed by atoms with Gasteiger partial charge >= 0.3 is 6.09 Å². The number of nitrogens with zero attached hydrogens (tertiary/aromatic N) is 2. The Morgan fingerprint density at radius 3 is 2.62 bits per heavy atom. The maximum Gasteiger partial charge on any atom is 0.414 e. The van der Waals surface area contributed by atoms with Gasteiger partial charge in [0.2, 0.25) is 5.88 Å². The second-order valence-corrected chi connectivity index (χ2v) is 7.05. The summed E-state index contributed by atoms with van der Waals surface area (Å²) in [5.41, 5.74) is 0.838. The summed E-state index contributed by atoms with van der Waals surface area (Å²) >= 11 is 0. The van der Waals surface area contributed by atoms with Crippen LogP contribution in [0.2, 0.25) is 0 Å². The average molecular weight is 465 g/mol. The van der Waals surface area contributed by atoms with E-state index in [4.69, 9.17) is 4.74 Å². The predicted molar refractivity (Wildman–Crippen MR) is 121 cm³/mol. The first-order valence-corrected chi connectivity index (χ1v) is 10.1. The number of aromatic nitrogens is 2. The van der Waals surface area contributed by atoms with Crippen molar-refractivity contribution in [3.8, 4) is 17.7 Å². The number of ether oxygens (including phenoxy) is 2. The van der Waals surface area contributed by atoms with Gasteiger partial charge in [-0.2, -0.15) is 5.26 Å². The highest BCUT2D eigenvalue weighted by Gasteiger charge is 2.16. The van der Waals surface area contributed by atoms with Crippen LogP contribution in [0.1, 0.15) is 18.1 Å². The van der Waals surface area contributed by atoms with Gasteiger partial charge in [-0.05, 0) is 56.2 Å². The van der Waals surface area contributed by atoms with Gasteiger partial charge in [-0.15, -0.1) is 5.10 Å². The van der Waals surface area contributed by atoms with E-state index in [-0.39, 0.29) is 28.8 Å². The summed E-state index contributed by atoms with van der Waals surface area (Å²) < 4.78 is 24.7. The molecule has 0 aliphatic rings. The van der Waals surface area contributed by atoms with E-state index in [2.05, 4.69) is 20.3 Å². The normalized spacial score (nSPS) is 11.0. The first kappa shape index (κ1) is 23.9. The monoisotopic (exact) mass is 465 g/mol. The molecule has 0 aliphatic carbocycles. The van der Waals surface area contributed by atoms with Gasteiger partial charge in [0.15, 0.2) is 0 Å². The van der Waals surface area contributed by atoms with E-state index in [1.165, 1.54) is 18.2 Å². The molecule has 2 aromatic carbocycles. The van der Waals surface area contributed by atoms with Gasteiger partial charge in [0, 0.05) is 11.9 Å². The number of H-pyrrole nitrogens is 1. The van der Waals surface area contributed by atoms with E-state index in [9.17, 15) is 24.0 Å². The summed E-state index contributed by atoms with van der Waals surface area (Å²) in [6.45, 7) is 5.17. The maximum absolute atomic E-state index is 14.1. The summed E-state index contributed by atoms with van der Waals surface area (Å²) in [4.78, 5) is 35.3. The fourth-order valence-corrected chi connectivity index (χ4v) is 3.15. The molecule has 3 aromatic rings. The number of benzene rings is 2. The third-order valence-electron chi connectivity index (χ3n) is 4.63. The molecular formula is C23H20FN5O5. The van der Waals surface area contributed by atoms with Crippen molar-refractivity contribution >= 4 is 28.5 Å². The number of nitriles is 1. The summed E-state index contributed by atoms with van der Waals surface area (Å²) in [7, 11) is 0. The van der Waals surface area contributed by atoms with E-state index in [1.807, 2.05) is 5.32 Å². The number of hydrogen-bond donors (Lipinski definition) is 3. The number of carbonyl (C=O) groups is 2. The van der Waals surface area contributed by atoms with Gasteiger partial charge in [0.05, 0.1) is 17.4 Å². The molecule has 0 fully saturated rings. The Morgan fingerprint density at radius 2 is 1.97 bits per heavy atom. The van der Waals surface area contributed by atoms with Crippen LogP contribution in [-0.2, 0) is 9.53 Å². The van der Waals surface area contributed by atoms with E-state index >= 15 is 0 Å². The van der Waals surface area contributed by atoms with Crippen molar-refractivity contribution in [2.24, 2.45) is 0 Å². The van der Waals surface area contributed by atoms with Crippen molar-refractivity contribution < 1.29 is 23.5 Å². The number of nitrogens with one attached hydrogen (secondary N) is 3. The van der Waals surface area contributed by atoms with Crippen molar-refractivity contribution in [2.75, 3.05) is 11.9 Å². The fraction of sp³-hybridized carbons (Fsp3) is 0.174. The molecule has 1 heterocycles. The van der Waals surface area contributed by atoms with Crippen LogP contribution in [0.15, 0.2) is 46.9 Å². The smallest absolute Gasteiger partial charge is 0.414 e. The van der Waals surface area contributed by atoms with Crippen LogP contribution in [0, 0.1) is 31.0 Å². The van der Waals surface area contributed by atoms with E-state index in [0.29, 0.717) is 22.6 Å². The van der Waals surface area contributed by atoms with Crippen LogP contribution in [0.5, 0.6) is 11.6 Å². The summed E-state index contributed by atoms with van der Waals surface area (Å²) in [5, 5.41) is 20.2. The lowest BCUT2D eigenvalue weighted by Crippen LogP contribution is -2.32. The van der Waals surface area contributed by atoms with Gasteiger partial charge in [-0.3, -0.25) is 14.9 Å². The number of alkyl carbamates (subject to hydrolysis) is 1. The van der Waals surface area contributed by atoms with Crippen molar-refractivity contribution in [1.82, 2.24) is 15.5 Å². The molecule has 0 unspecified atom stereocenters. The highest BCUT2D eigenvalue weighted by atomic mass is 19.1. The first-order valence-electron chi connectivity index (χ1n) is 10.1. The number of aryl methyl sites for hydroxylation is 2. The Hall–Kier alpha value is -4.72. The SMILES string of the molecule is CCOC(=O)NC(=O)/C(C#N)=C\Nc1cc(C)c(Oc2n[nH]c(=O)c3c(F)cccc23)c(C)c1. The molecule has 3 N–H and O–H groups in total. The molecule has 174 valence electrons. The Labute approximate surface area is 193 Å². The number of anilines is 1. The van der Waals surface area contributed by atoms with Crippen LogP contribution in [0.25, 0.3) is 10.8 Å². The topological polar surface area (TPSA) is 146 Å². The molecule has 0 saturated carbocycles. The zero-order valence-electron chi connectivity index (χ0n) is 18.5. The van der Waals surface area contributed by atoms with E-state index in [1.54, 1.807) is 39.0 Å². The summed E-state index contributed by atoms with van der Waals surface area (Å²) in [6.07, 6.45) is 0.202. The largest absolute Gasteiger partial charge is 0.450 e. The van der Waals surface area contributed by atoms with Gasteiger partial charge in [-0.1, -0.05) is 6.07 Å². The molecule has 0 aliphatic heterocycles. The number of aromatic amines is 1. The fourth-order valence-electron chi connectivity index (χ4n) is 3.15. The molecule has 0 saturated heterocycles. The number of hydrogen-bond acceptors (Lipinski definition) is 8. The molecule has 0 spiro atoms. The van der Waals surface area contributed by atoms with Crippen LogP contribution in [0.4, 0.5) is 14.9 Å². The molecule has 10 nitrogen and oxygen atoms in total. The highest BCUT2D eigenvalue weighted by molar-refractivity contribution is 6.05. The Kier molecular flexibility index (Phi) is 7.23. The lowest BCUT2D eigenvalue weighted by atomic mass is 10.1. The molecule has 34 heavy (non-hydrogen) atoms. The molecule has 11 heteroatoms. The second kappa shape index (κ2) is 10.3. The molecule has 1 aromatic heterocycles. The zero-order valence-corrected chi connectivity index (χ0v) is 18.5. The van der Waals surface area contributed by atoms with Crippen molar-refractivity contribution in [3.05, 3.63) is 69.4 Å². The highest BCUT2D eigenvalue weighted by Crippen LogP contribution is 2.33. The first-order chi connectivity index (χ1) is 16.2. The Bertz CT molecular complexity index is 1380. The number of carbonyl (C=O) groups excluding carboxylic acids is 2. The van der Waals surface area contributed by atoms with Crippen molar-refractivity contribution in [2.45, 2.75) is 20.8 Å². The molecule has 2 amide bonds. The van der Waals surface area contributed by atoms with Gasteiger partial charge in [-0.25, -0.2) is 14.3 Å². The maximum atomic E-state index is 14.1. The van der Waals surface area contributed by atoms with E-state index < -0.39 is 23.4 Å². The molecule has 0 atom stereocenters. The standard InChI is InChI=1S/C23H20FN5O5/c1-4-33-23(32)27-20(30)14(10-25)11-26-15-8-12(2)19(13(3)9-15)34-22-16-6-5-7-17(24)18(16)21(31)28-29-22/h5-9,11,26H,4H2,1-3H3,(H,28,31)(H,27,30,32)/b14-11-. The predicted octanol–water partition coefficient (Wildman–Crippen LogP) is 3.56. The number of rotatable bonds is 6. The second-order valence-electron chi connectivity index (χ2n) is 7.05. The number of imide groups is 1. The minimum absolute atomic E-state index is 0.0308. The summed E-state index contributed by atoms with van der Waals surface area (Å²) in [6, 6.07) is 9.24. The minimum atomic E-state index is -0.954. The zero-order chi connectivity index (χ0) is 24.8. The van der Waals surface area contributed by atoms with Gasteiger partial charge in [0.1, 0.15) is 23.2 Å². The van der Waals surface area contributed by atoms with Gasteiger partial charge in [0.25, 0.3) is 11.5 Å². The third-order valence-corrected chi connectivity index (χ3v) is 4.63. The minimum Gasteiger partial charge on any atom is -0.450 e. The lowest BCUT2D eigenvalue weighted by molar-refractivity contribution is -0.116. The third kappa shape index (κ3) is 5.18. The Balaban J connectivity index is 1.85. The van der Waals surface area contributed by atoms with Crippen LogP contribution >= 0.6 is 0 Å². The Morgan fingerprint density at radius 1 is 1.26 bits per heavy atom. The van der Waals surface area contributed by atoms with E-state index in [0.717, 1.165) is 6.20 Å². The van der Waals surface area contributed by atoms with Crippen molar-refractivity contribution in [3.63, 3.8) is 0 Å². The number of halogens is 1. The average Bonchev–Trinajstić information content (AvgIpc) is 2.78. The number of fused-ring (bicyclic) bond motifs is 1. The van der Waals surface area contributed by atoms with Crippen LogP contribution < -0.4 is 20.9 Å². The van der Waals surface area contributed by atoms with Crippen molar-refractivity contribution in [1.29, 1.82) is 5.26 Å². The lowest BCUT2D eigenvalue weighted by Gasteiger charge is -2.14. The molecule has 0 bridgehead atoms. The quantitative estimate of drug-likeness (QED) is 0.370. The van der Waals surface area contributed by atoms with Crippen LogP contribution in [-0.4, -0.2) is 28.8 Å².